The Balaban J connectivity index is 1.73. The van der Waals surface area contributed by atoms with Crippen molar-refractivity contribution in [3.63, 3.8) is 0 Å². The molecule has 8 nitrogen and oxygen atoms in total. The van der Waals surface area contributed by atoms with Crippen LogP contribution in [0, 0.1) is 13.8 Å². The topological polar surface area (TPSA) is 87.7 Å². The van der Waals surface area contributed by atoms with E-state index in [9.17, 15) is 9.59 Å². The average Bonchev–Trinajstić information content (AvgIpc) is 3.23. The number of fused-ring (bicyclic) bond motifs is 2. The minimum Gasteiger partial charge on any atom is -0.494 e. The Morgan fingerprint density at radius 1 is 1.00 bits per heavy atom. The molecule has 2 heterocycles. The van der Waals surface area contributed by atoms with Gasteiger partial charge in [-0.15, -0.1) is 0 Å². The molecule has 0 saturated carbocycles. The number of carbonyl (C=O) groups is 1. The molecule has 0 atom stereocenters. The maximum atomic E-state index is 13.9. The van der Waals surface area contributed by atoms with Crippen LogP contribution in [0.4, 0.5) is 0 Å². The van der Waals surface area contributed by atoms with E-state index in [1.165, 1.54) is 4.68 Å². The SMILES string of the molecule is CCOC(=O)Cn1c(C)c(C=Nn2c(-c3cc(C(C)C)c(OCC)cc3C)nc3ccccc3c2=O)c2ccccc21. The molecular formula is C34H36N4O4. The highest BCUT2D eigenvalue weighted by Gasteiger charge is 2.20. The Hall–Kier alpha value is -4.72. The third-order valence-electron chi connectivity index (χ3n) is 7.45. The molecule has 8 heteroatoms. The molecule has 3 aromatic carbocycles. The van der Waals surface area contributed by atoms with Gasteiger partial charge in [0.1, 0.15) is 12.3 Å². The van der Waals surface area contributed by atoms with Crippen LogP contribution in [0.1, 0.15) is 56.0 Å². The number of ether oxygens (including phenoxy) is 2. The molecule has 5 aromatic rings. The fraction of sp³-hybridized carbons (Fsp3) is 0.294. The van der Waals surface area contributed by atoms with Crippen molar-refractivity contribution in [3.8, 4) is 17.1 Å². The average molecular weight is 565 g/mol. The van der Waals surface area contributed by atoms with Crippen molar-refractivity contribution in [2.45, 2.75) is 54.0 Å². The molecule has 0 spiro atoms. The van der Waals surface area contributed by atoms with E-state index in [-0.39, 0.29) is 24.0 Å². The van der Waals surface area contributed by atoms with Gasteiger partial charge >= 0.3 is 5.97 Å². The molecule has 0 N–H and O–H groups in total. The smallest absolute Gasteiger partial charge is 0.325 e. The summed E-state index contributed by atoms with van der Waals surface area (Å²) in [5.74, 6) is 1.17. The van der Waals surface area contributed by atoms with E-state index in [1.54, 1.807) is 19.2 Å². The van der Waals surface area contributed by atoms with Gasteiger partial charge in [0.05, 0.1) is 30.3 Å². The molecule has 2 aromatic heterocycles. The van der Waals surface area contributed by atoms with Gasteiger partial charge in [-0.2, -0.15) is 9.78 Å². The first-order valence-corrected chi connectivity index (χ1v) is 14.3. The fourth-order valence-corrected chi connectivity index (χ4v) is 5.35. The lowest BCUT2D eigenvalue weighted by molar-refractivity contribution is -0.143. The Bertz CT molecular complexity index is 1880. The number of esters is 1. The van der Waals surface area contributed by atoms with Gasteiger partial charge in [-0.25, -0.2) is 4.98 Å². The van der Waals surface area contributed by atoms with E-state index in [4.69, 9.17) is 19.6 Å². The maximum Gasteiger partial charge on any atom is 0.325 e. The van der Waals surface area contributed by atoms with Crippen molar-refractivity contribution < 1.29 is 14.3 Å². The second-order valence-corrected chi connectivity index (χ2v) is 10.5. The predicted octanol–water partition coefficient (Wildman–Crippen LogP) is 6.60. The van der Waals surface area contributed by atoms with Gasteiger partial charge in [0.2, 0.25) is 0 Å². The summed E-state index contributed by atoms with van der Waals surface area (Å²) >= 11 is 0. The van der Waals surface area contributed by atoms with Crippen molar-refractivity contribution in [1.29, 1.82) is 0 Å². The molecule has 0 bridgehead atoms. The third-order valence-corrected chi connectivity index (χ3v) is 7.45. The van der Waals surface area contributed by atoms with Gasteiger partial charge < -0.3 is 14.0 Å². The van der Waals surface area contributed by atoms with Crippen LogP contribution in [0.5, 0.6) is 5.75 Å². The summed E-state index contributed by atoms with van der Waals surface area (Å²) in [6.45, 7) is 12.9. The number of aryl methyl sites for hydroxylation is 1. The summed E-state index contributed by atoms with van der Waals surface area (Å²) in [6.07, 6.45) is 1.69. The molecular weight excluding hydrogens is 528 g/mol. The molecule has 0 saturated heterocycles. The number of benzene rings is 3. The number of carbonyl (C=O) groups excluding carboxylic acids is 1. The lowest BCUT2D eigenvalue weighted by Gasteiger charge is -2.18. The number of nitrogens with zero attached hydrogens (tertiary/aromatic N) is 4. The molecule has 0 fully saturated rings. The first-order valence-electron chi connectivity index (χ1n) is 14.3. The Labute approximate surface area is 245 Å². The predicted molar refractivity (Wildman–Crippen MR) is 168 cm³/mol. The molecule has 42 heavy (non-hydrogen) atoms. The van der Waals surface area contributed by atoms with Crippen LogP contribution < -0.4 is 10.3 Å². The second-order valence-electron chi connectivity index (χ2n) is 10.5. The van der Waals surface area contributed by atoms with E-state index in [0.717, 1.165) is 44.6 Å². The van der Waals surface area contributed by atoms with E-state index in [0.29, 0.717) is 29.9 Å². The molecule has 0 amide bonds. The van der Waals surface area contributed by atoms with Gasteiger partial charge in [-0.05, 0) is 75.1 Å². The summed E-state index contributed by atoms with van der Waals surface area (Å²) in [4.78, 5) is 31.3. The Kier molecular flexibility index (Phi) is 8.24. The van der Waals surface area contributed by atoms with Gasteiger partial charge in [0.25, 0.3) is 5.56 Å². The summed E-state index contributed by atoms with van der Waals surface area (Å²) in [5, 5.41) is 6.17. The van der Waals surface area contributed by atoms with E-state index >= 15 is 0 Å². The minimum absolute atomic E-state index is 0.0834. The minimum atomic E-state index is -0.311. The Morgan fingerprint density at radius 3 is 2.43 bits per heavy atom. The molecule has 0 radical (unpaired) electrons. The summed E-state index contributed by atoms with van der Waals surface area (Å²) in [6, 6.07) is 19.2. The normalized spacial score (nSPS) is 11.7. The first kappa shape index (κ1) is 28.8. The zero-order valence-corrected chi connectivity index (χ0v) is 25.0. The van der Waals surface area contributed by atoms with Crippen LogP contribution in [0.3, 0.4) is 0 Å². The molecule has 0 aliphatic rings. The van der Waals surface area contributed by atoms with Crippen LogP contribution >= 0.6 is 0 Å². The number of hydrogen-bond acceptors (Lipinski definition) is 6. The third kappa shape index (κ3) is 5.32. The van der Waals surface area contributed by atoms with Crippen LogP contribution in [-0.4, -0.2) is 39.6 Å². The zero-order chi connectivity index (χ0) is 30.0. The number of aromatic nitrogens is 3. The lowest BCUT2D eigenvalue weighted by atomic mass is 9.96. The van der Waals surface area contributed by atoms with E-state index in [1.807, 2.05) is 73.9 Å². The van der Waals surface area contributed by atoms with Crippen LogP contribution in [0.2, 0.25) is 0 Å². The summed E-state index contributed by atoms with van der Waals surface area (Å²) in [5.41, 5.74) is 5.65. The van der Waals surface area contributed by atoms with Crippen molar-refractivity contribution in [2.24, 2.45) is 5.10 Å². The van der Waals surface area contributed by atoms with Crippen molar-refractivity contribution in [2.75, 3.05) is 13.2 Å². The highest BCUT2D eigenvalue weighted by molar-refractivity contribution is 6.01. The van der Waals surface area contributed by atoms with Crippen LogP contribution in [0.15, 0.2) is 70.6 Å². The van der Waals surface area contributed by atoms with Gasteiger partial charge in [-0.1, -0.05) is 44.2 Å². The first-order chi connectivity index (χ1) is 20.2. The highest BCUT2D eigenvalue weighted by atomic mass is 16.5. The van der Waals surface area contributed by atoms with Crippen LogP contribution in [0.25, 0.3) is 33.2 Å². The van der Waals surface area contributed by atoms with Gasteiger partial charge in [0.15, 0.2) is 5.82 Å². The maximum absolute atomic E-state index is 13.9. The second kappa shape index (κ2) is 12.0. The number of para-hydroxylation sites is 2. The van der Waals surface area contributed by atoms with E-state index < -0.39 is 0 Å². The fourth-order valence-electron chi connectivity index (χ4n) is 5.35. The summed E-state index contributed by atoms with van der Waals surface area (Å²) < 4.78 is 14.5. The van der Waals surface area contributed by atoms with Crippen LogP contribution in [-0.2, 0) is 16.1 Å². The van der Waals surface area contributed by atoms with Crippen molar-refractivity contribution in [3.05, 3.63) is 93.4 Å². The Morgan fingerprint density at radius 2 is 1.71 bits per heavy atom. The molecule has 216 valence electrons. The summed E-state index contributed by atoms with van der Waals surface area (Å²) in [7, 11) is 0. The zero-order valence-electron chi connectivity index (χ0n) is 25.0. The molecule has 0 unspecified atom stereocenters. The van der Waals surface area contributed by atoms with E-state index in [2.05, 4.69) is 19.9 Å². The quantitative estimate of drug-likeness (QED) is 0.149. The van der Waals surface area contributed by atoms with Gasteiger partial charge in [0, 0.05) is 27.7 Å². The highest BCUT2D eigenvalue weighted by Crippen LogP contribution is 2.34. The monoisotopic (exact) mass is 564 g/mol. The molecule has 0 aliphatic carbocycles. The molecule has 0 aliphatic heterocycles. The number of hydrogen-bond donors (Lipinski definition) is 0. The van der Waals surface area contributed by atoms with Crippen molar-refractivity contribution >= 4 is 34.0 Å². The van der Waals surface area contributed by atoms with Crippen molar-refractivity contribution in [1.82, 2.24) is 14.2 Å². The largest absolute Gasteiger partial charge is 0.494 e. The lowest BCUT2D eigenvalue weighted by Crippen LogP contribution is -2.21. The molecule has 5 rings (SSSR count). The van der Waals surface area contributed by atoms with Gasteiger partial charge in [-0.3, -0.25) is 9.59 Å². The standard InChI is InChI=1S/C34H36N4O4/c1-7-41-31-17-22(5)27(18-26(31)21(3)4)33-36-29-15-11-9-14-25(29)34(40)38(33)35-19-28-23(6)37(20-32(39)42-8-2)30-16-12-10-13-24(28)30/h9-19,21H,7-8,20H2,1-6H3. The number of rotatable bonds is 9.